The topological polar surface area (TPSA) is 52.7 Å². The smallest absolute Gasteiger partial charge is 0.215 e. The summed E-state index contributed by atoms with van der Waals surface area (Å²) in [5.41, 5.74) is 0.909. The molecule has 1 atom stereocenters. The summed E-state index contributed by atoms with van der Waals surface area (Å²) in [6.45, 7) is 3.59. The number of nitrogens with zero attached hydrogens (tertiary/aromatic N) is 2. The zero-order chi connectivity index (χ0) is 17.0. The molecule has 0 spiro atoms. The van der Waals surface area contributed by atoms with Crippen molar-refractivity contribution in [3.8, 4) is 0 Å². The van der Waals surface area contributed by atoms with E-state index in [1.54, 1.807) is 26.2 Å². The highest BCUT2D eigenvalue weighted by molar-refractivity contribution is 7.89. The van der Waals surface area contributed by atoms with Gasteiger partial charge in [-0.25, -0.2) is 17.1 Å². The van der Waals surface area contributed by atoms with Crippen molar-refractivity contribution in [2.75, 3.05) is 37.8 Å². The molecule has 0 saturated carbocycles. The molecule has 1 saturated heterocycles. The van der Waals surface area contributed by atoms with Gasteiger partial charge in [-0.3, -0.25) is 0 Å². The van der Waals surface area contributed by atoms with Gasteiger partial charge in [-0.2, -0.15) is 0 Å². The van der Waals surface area contributed by atoms with Crippen molar-refractivity contribution in [2.45, 2.75) is 31.8 Å². The van der Waals surface area contributed by atoms with Crippen LogP contribution in [-0.4, -0.2) is 57.7 Å². The highest BCUT2D eigenvalue weighted by Crippen LogP contribution is 2.21. The van der Waals surface area contributed by atoms with Crippen LogP contribution in [0.25, 0.3) is 0 Å². The number of sulfonamides is 1. The summed E-state index contributed by atoms with van der Waals surface area (Å²) in [5.74, 6) is -0.116. The molecule has 23 heavy (non-hydrogen) atoms. The van der Waals surface area contributed by atoms with Gasteiger partial charge >= 0.3 is 0 Å². The van der Waals surface area contributed by atoms with Crippen molar-refractivity contribution in [3.63, 3.8) is 0 Å². The number of anilines is 1. The standard InChI is InChI=1S/C16H26FN3O2S/c1-13(12-23(21,22)19(2)3)18-15-7-9-20(10-8-15)16-6-4-5-14(17)11-16/h4-6,11,13,15,18H,7-10,12H2,1-3H3. The van der Waals surface area contributed by atoms with E-state index in [1.165, 1.54) is 10.4 Å². The first-order valence-electron chi connectivity index (χ1n) is 7.94. The van der Waals surface area contributed by atoms with Crippen LogP contribution in [0.15, 0.2) is 24.3 Å². The summed E-state index contributed by atoms with van der Waals surface area (Å²) in [5, 5.41) is 3.41. The van der Waals surface area contributed by atoms with Crippen LogP contribution in [0.4, 0.5) is 10.1 Å². The number of rotatable bonds is 6. The quantitative estimate of drug-likeness (QED) is 0.854. The average molecular weight is 343 g/mol. The molecule has 0 aromatic heterocycles. The van der Waals surface area contributed by atoms with E-state index < -0.39 is 10.0 Å². The predicted octanol–water partition coefficient (Wildman–Crippen LogP) is 1.66. The van der Waals surface area contributed by atoms with Gasteiger partial charge in [0.15, 0.2) is 0 Å². The van der Waals surface area contributed by atoms with Gasteiger partial charge in [0.05, 0.1) is 5.75 Å². The van der Waals surface area contributed by atoms with Gasteiger partial charge in [-0.15, -0.1) is 0 Å². The normalized spacial score (nSPS) is 18.4. The Hall–Kier alpha value is -1.18. The predicted molar refractivity (Wildman–Crippen MR) is 91.7 cm³/mol. The van der Waals surface area contributed by atoms with E-state index in [0.29, 0.717) is 6.04 Å². The van der Waals surface area contributed by atoms with Gasteiger partial charge in [-0.1, -0.05) is 6.07 Å². The molecule has 1 aliphatic heterocycles. The molecule has 5 nitrogen and oxygen atoms in total. The molecule has 1 aromatic rings. The van der Waals surface area contributed by atoms with Crippen LogP contribution in [0.3, 0.4) is 0 Å². The van der Waals surface area contributed by atoms with Crippen molar-refractivity contribution in [1.29, 1.82) is 0 Å². The Morgan fingerprint density at radius 1 is 1.35 bits per heavy atom. The van der Waals surface area contributed by atoms with Crippen LogP contribution in [-0.2, 0) is 10.0 Å². The maximum absolute atomic E-state index is 13.3. The lowest BCUT2D eigenvalue weighted by molar-refractivity contribution is 0.384. The fourth-order valence-electron chi connectivity index (χ4n) is 2.89. The second-order valence-corrected chi connectivity index (χ2v) is 8.60. The summed E-state index contributed by atoms with van der Waals surface area (Å²) in [7, 11) is -0.0778. The van der Waals surface area contributed by atoms with Crippen LogP contribution in [0, 0.1) is 5.82 Å². The van der Waals surface area contributed by atoms with E-state index in [0.717, 1.165) is 31.6 Å². The van der Waals surface area contributed by atoms with Gasteiger partial charge in [0, 0.05) is 45.0 Å². The third-order valence-electron chi connectivity index (χ3n) is 4.21. The molecular weight excluding hydrogens is 317 g/mol. The monoisotopic (exact) mass is 343 g/mol. The largest absolute Gasteiger partial charge is 0.371 e. The second-order valence-electron chi connectivity index (χ2n) is 6.37. The minimum Gasteiger partial charge on any atom is -0.371 e. The van der Waals surface area contributed by atoms with Gasteiger partial charge in [0.1, 0.15) is 5.82 Å². The van der Waals surface area contributed by atoms with E-state index in [9.17, 15) is 12.8 Å². The molecular formula is C16H26FN3O2S. The summed E-state index contributed by atoms with van der Waals surface area (Å²) < 4.78 is 38.3. The van der Waals surface area contributed by atoms with Gasteiger partial charge < -0.3 is 10.2 Å². The summed E-state index contributed by atoms with van der Waals surface area (Å²) >= 11 is 0. The Morgan fingerprint density at radius 3 is 2.57 bits per heavy atom. The Kier molecular flexibility index (Phi) is 6.00. The minimum absolute atomic E-state index is 0.0897. The highest BCUT2D eigenvalue weighted by Gasteiger charge is 2.24. The minimum atomic E-state index is -3.19. The Bertz CT molecular complexity index is 614. The van der Waals surface area contributed by atoms with E-state index in [-0.39, 0.29) is 17.6 Å². The van der Waals surface area contributed by atoms with E-state index >= 15 is 0 Å². The van der Waals surface area contributed by atoms with Crippen LogP contribution in [0.5, 0.6) is 0 Å². The molecule has 1 unspecified atom stereocenters. The first kappa shape index (κ1) is 18.2. The van der Waals surface area contributed by atoms with E-state index in [4.69, 9.17) is 0 Å². The van der Waals surface area contributed by atoms with E-state index in [2.05, 4.69) is 10.2 Å². The Morgan fingerprint density at radius 2 is 2.00 bits per heavy atom. The molecule has 0 radical (unpaired) electrons. The zero-order valence-corrected chi connectivity index (χ0v) is 14.8. The first-order chi connectivity index (χ1) is 10.8. The third kappa shape index (κ3) is 5.16. The first-order valence-corrected chi connectivity index (χ1v) is 9.55. The zero-order valence-electron chi connectivity index (χ0n) is 14.0. The van der Waals surface area contributed by atoms with Gasteiger partial charge in [0.2, 0.25) is 10.0 Å². The number of piperidine rings is 1. The van der Waals surface area contributed by atoms with Crippen molar-refractivity contribution in [2.24, 2.45) is 0 Å². The summed E-state index contributed by atoms with van der Waals surface area (Å²) in [6, 6.07) is 6.86. The highest BCUT2D eigenvalue weighted by atomic mass is 32.2. The lowest BCUT2D eigenvalue weighted by Gasteiger charge is -2.35. The molecule has 0 aliphatic carbocycles. The molecule has 0 bridgehead atoms. The lowest BCUT2D eigenvalue weighted by Crippen LogP contribution is -2.48. The van der Waals surface area contributed by atoms with Gasteiger partial charge in [0.25, 0.3) is 0 Å². The number of hydrogen-bond acceptors (Lipinski definition) is 4. The third-order valence-corrected chi connectivity index (χ3v) is 6.24. The molecule has 130 valence electrons. The molecule has 0 amide bonds. The van der Waals surface area contributed by atoms with Crippen LogP contribution >= 0.6 is 0 Å². The molecule has 1 N–H and O–H groups in total. The lowest BCUT2D eigenvalue weighted by atomic mass is 10.0. The SMILES string of the molecule is CC(CS(=O)(=O)N(C)C)NC1CCN(c2cccc(F)c2)CC1. The van der Waals surface area contributed by atoms with Gasteiger partial charge in [-0.05, 0) is 38.0 Å². The average Bonchev–Trinajstić information content (AvgIpc) is 2.47. The molecule has 7 heteroatoms. The molecule has 2 rings (SSSR count). The molecule has 1 fully saturated rings. The maximum atomic E-state index is 13.3. The fourth-order valence-corrected chi connectivity index (χ4v) is 3.92. The van der Waals surface area contributed by atoms with Crippen LogP contribution < -0.4 is 10.2 Å². The number of benzene rings is 1. The number of halogens is 1. The molecule has 1 aliphatic rings. The van der Waals surface area contributed by atoms with Crippen LogP contribution in [0.1, 0.15) is 19.8 Å². The number of nitrogens with one attached hydrogen (secondary N) is 1. The number of hydrogen-bond donors (Lipinski definition) is 1. The second kappa shape index (κ2) is 7.59. The van der Waals surface area contributed by atoms with Crippen molar-refractivity contribution in [3.05, 3.63) is 30.1 Å². The Balaban J connectivity index is 1.83. The Labute approximate surface area is 138 Å². The molecule has 1 aromatic carbocycles. The van der Waals surface area contributed by atoms with Crippen LogP contribution in [0.2, 0.25) is 0 Å². The van der Waals surface area contributed by atoms with E-state index in [1.807, 2.05) is 13.0 Å². The molecule has 1 heterocycles. The maximum Gasteiger partial charge on any atom is 0.215 e. The van der Waals surface area contributed by atoms with Crippen molar-refractivity contribution < 1.29 is 12.8 Å². The van der Waals surface area contributed by atoms with Crippen molar-refractivity contribution in [1.82, 2.24) is 9.62 Å². The fraction of sp³-hybridized carbons (Fsp3) is 0.625. The van der Waals surface area contributed by atoms with Crippen molar-refractivity contribution >= 4 is 15.7 Å². The summed E-state index contributed by atoms with van der Waals surface area (Å²) in [4.78, 5) is 2.17. The summed E-state index contributed by atoms with van der Waals surface area (Å²) in [6.07, 6.45) is 1.84.